The second kappa shape index (κ2) is 7.08. The lowest BCUT2D eigenvalue weighted by Crippen LogP contribution is -2.06. The highest BCUT2D eigenvalue weighted by atomic mass is 15.1. The predicted octanol–water partition coefficient (Wildman–Crippen LogP) is 4.15. The molecule has 0 bridgehead atoms. The molecule has 0 atom stereocenters. The normalized spacial score (nSPS) is 10.5. The van der Waals surface area contributed by atoms with Gasteiger partial charge in [-0.3, -0.25) is 4.98 Å². The van der Waals surface area contributed by atoms with Gasteiger partial charge in [-0.05, 0) is 55.7 Å². The Balaban J connectivity index is 1.77. The number of rotatable bonds is 5. The van der Waals surface area contributed by atoms with Crippen LogP contribution in [0.4, 0.5) is 17.5 Å². The van der Waals surface area contributed by atoms with Crippen LogP contribution in [-0.4, -0.2) is 15.0 Å². The van der Waals surface area contributed by atoms with E-state index < -0.39 is 0 Å². The standard InChI is InChI=1S/C19H21N5/c1-13-4-5-14(2)17(10-13)23-18-11-15(3)22-19(24-18)21-12-16-6-8-20-9-7-16/h4-11H,12H2,1-3H3,(H2,21,22,23,24). The summed E-state index contributed by atoms with van der Waals surface area (Å²) >= 11 is 0. The molecule has 0 spiro atoms. The molecule has 24 heavy (non-hydrogen) atoms. The zero-order valence-electron chi connectivity index (χ0n) is 14.2. The van der Waals surface area contributed by atoms with Gasteiger partial charge < -0.3 is 10.6 Å². The Labute approximate surface area is 142 Å². The Kier molecular flexibility index (Phi) is 4.70. The molecule has 3 rings (SSSR count). The number of anilines is 3. The smallest absolute Gasteiger partial charge is 0.225 e. The maximum atomic E-state index is 4.57. The Hall–Kier alpha value is -2.95. The first kappa shape index (κ1) is 15.9. The third-order valence-electron chi connectivity index (χ3n) is 3.71. The molecule has 0 unspecified atom stereocenters. The lowest BCUT2D eigenvalue weighted by atomic mass is 10.1. The first-order valence-electron chi connectivity index (χ1n) is 7.93. The maximum Gasteiger partial charge on any atom is 0.225 e. The molecule has 0 aliphatic rings. The second-order valence-electron chi connectivity index (χ2n) is 5.87. The summed E-state index contributed by atoms with van der Waals surface area (Å²) in [6.45, 7) is 6.79. The fourth-order valence-electron chi connectivity index (χ4n) is 2.40. The van der Waals surface area contributed by atoms with E-state index in [-0.39, 0.29) is 0 Å². The number of aromatic nitrogens is 3. The summed E-state index contributed by atoms with van der Waals surface area (Å²) in [6.07, 6.45) is 3.56. The molecule has 0 aliphatic heterocycles. The molecule has 5 nitrogen and oxygen atoms in total. The summed E-state index contributed by atoms with van der Waals surface area (Å²) in [6, 6.07) is 12.2. The van der Waals surface area contributed by atoms with Gasteiger partial charge in [0.15, 0.2) is 0 Å². The van der Waals surface area contributed by atoms with Gasteiger partial charge in [0, 0.05) is 36.4 Å². The Morgan fingerprint density at radius 3 is 2.50 bits per heavy atom. The van der Waals surface area contributed by atoms with Crippen LogP contribution in [0.15, 0.2) is 48.8 Å². The first-order chi connectivity index (χ1) is 11.6. The first-order valence-corrected chi connectivity index (χ1v) is 7.93. The summed E-state index contributed by atoms with van der Waals surface area (Å²) < 4.78 is 0. The Bertz CT molecular complexity index is 830. The van der Waals surface area contributed by atoms with Gasteiger partial charge in [0.2, 0.25) is 5.95 Å². The lowest BCUT2D eigenvalue weighted by Gasteiger charge is -2.12. The van der Waals surface area contributed by atoms with E-state index in [0.717, 1.165) is 22.8 Å². The highest BCUT2D eigenvalue weighted by molar-refractivity contribution is 5.62. The molecule has 0 saturated heterocycles. The molecule has 0 fully saturated rings. The van der Waals surface area contributed by atoms with Gasteiger partial charge >= 0.3 is 0 Å². The third-order valence-corrected chi connectivity index (χ3v) is 3.71. The monoisotopic (exact) mass is 319 g/mol. The van der Waals surface area contributed by atoms with E-state index in [1.165, 1.54) is 11.1 Å². The van der Waals surface area contributed by atoms with Crippen molar-refractivity contribution in [1.82, 2.24) is 15.0 Å². The molecular formula is C19H21N5. The van der Waals surface area contributed by atoms with Crippen LogP contribution >= 0.6 is 0 Å². The number of nitrogens with zero attached hydrogens (tertiary/aromatic N) is 3. The highest BCUT2D eigenvalue weighted by Gasteiger charge is 2.05. The summed E-state index contributed by atoms with van der Waals surface area (Å²) in [5, 5.41) is 6.66. The highest BCUT2D eigenvalue weighted by Crippen LogP contribution is 2.21. The topological polar surface area (TPSA) is 62.7 Å². The number of nitrogens with one attached hydrogen (secondary N) is 2. The van der Waals surface area contributed by atoms with Gasteiger partial charge in [-0.1, -0.05) is 12.1 Å². The van der Waals surface area contributed by atoms with Crippen LogP contribution in [0, 0.1) is 20.8 Å². The molecule has 1 aromatic carbocycles. The summed E-state index contributed by atoms with van der Waals surface area (Å²) in [5.74, 6) is 1.40. The fraction of sp³-hybridized carbons (Fsp3) is 0.211. The van der Waals surface area contributed by atoms with Crippen LogP contribution in [0.1, 0.15) is 22.4 Å². The van der Waals surface area contributed by atoms with Gasteiger partial charge in [-0.25, -0.2) is 4.98 Å². The minimum Gasteiger partial charge on any atom is -0.350 e. The SMILES string of the molecule is Cc1ccc(C)c(Nc2cc(C)nc(NCc3ccncc3)n2)c1. The van der Waals surface area contributed by atoms with E-state index >= 15 is 0 Å². The average Bonchev–Trinajstić information content (AvgIpc) is 2.57. The molecule has 2 N–H and O–H groups in total. The van der Waals surface area contributed by atoms with Crippen molar-refractivity contribution in [3.05, 3.63) is 71.2 Å². The summed E-state index contributed by atoms with van der Waals surface area (Å²) in [7, 11) is 0. The zero-order valence-corrected chi connectivity index (χ0v) is 14.2. The van der Waals surface area contributed by atoms with Crippen molar-refractivity contribution in [3.63, 3.8) is 0 Å². The van der Waals surface area contributed by atoms with E-state index in [0.29, 0.717) is 12.5 Å². The van der Waals surface area contributed by atoms with Crippen LogP contribution in [0.3, 0.4) is 0 Å². The number of benzene rings is 1. The minimum absolute atomic E-state index is 0.611. The molecule has 2 heterocycles. The average molecular weight is 319 g/mol. The van der Waals surface area contributed by atoms with Crippen LogP contribution in [0.2, 0.25) is 0 Å². The molecule has 122 valence electrons. The molecule has 0 saturated carbocycles. The van der Waals surface area contributed by atoms with E-state index in [1.54, 1.807) is 12.4 Å². The maximum absolute atomic E-state index is 4.57. The van der Waals surface area contributed by atoms with Crippen molar-refractivity contribution in [3.8, 4) is 0 Å². The third kappa shape index (κ3) is 4.07. The molecule has 0 radical (unpaired) electrons. The summed E-state index contributed by atoms with van der Waals surface area (Å²) in [5.41, 5.74) is 5.51. The summed E-state index contributed by atoms with van der Waals surface area (Å²) in [4.78, 5) is 13.0. The molecule has 0 aliphatic carbocycles. The van der Waals surface area contributed by atoms with Crippen molar-refractivity contribution in [2.45, 2.75) is 27.3 Å². The van der Waals surface area contributed by atoms with E-state index in [1.807, 2.05) is 25.1 Å². The number of pyridine rings is 1. The molecule has 0 amide bonds. The van der Waals surface area contributed by atoms with Crippen molar-refractivity contribution >= 4 is 17.5 Å². The van der Waals surface area contributed by atoms with Gasteiger partial charge in [0.1, 0.15) is 5.82 Å². The second-order valence-corrected chi connectivity index (χ2v) is 5.87. The zero-order chi connectivity index (χ0) is 16.9. The molecule has 3 aromatic rings. The van der Waals surface area contributed by atoms with Crippen molar-refractivity contribution in [1.29, 1.82) is 0 Å². The largest absolute Gasteiger partial charge is 0.350 e. The fourth-order valence-corrected chi connectivity index (χ4v) is 2.40. The minimum atomic E-state index is 0.611. The van der Waals surface area contributed by atoms with Crippen LogP contribution < -0.4 is 10.6 Å². The van der Waals surface area contributed by atoms with Gasteiger partial charge in [-0.2, -0.15) is 4.98 Å². The molecular weight excluding hydrogens is 298 g/mol. The Morgan fingerprint density at radius 2 is 1.71 bits per heavy atom. The number of aryl methyl sites for hydroxylation is 3. The van der Waals surface area contributed by atoms with Gasteiger partial charge in [0.05, 0.1) is 0 Å². The quantitative estimate of drug-likeness (QED) is 0.739. The van der Waals surface area contributed by atoms with Crippen LogP contribution in [0.5, 0.6) is 0 Å². The lowest BCUT2D eigenvalue weighted by molar-refractivity contribution is 1.03. The van der Waals surface area contributed by atoms with Crippen LogP contribution in [0.25, 0.3) is 0 Å². The number of hydrogen-bond donors (Lipinski definition) is 2. The Morgan fingerprint density at radius 1 is 0.917 bits per heavy atom. The predicted molar refractivity (Wildman–Crippen MR) is 97.5 cm³/mol. The molecule has 5 heteroatoms. The van der Waals surface area contributed by atoms with Gasteiger partial charge in [-0.15, -0.1) is 0 Å². The van der Waals surface area contributed by atoms with E-state index in [2.05, 4.69) is 57.6 Å². The van der Waals surface area contributed by atoms with Crippen molar-refractivity contribution < 1.29 is 0 Å². The van der Waals surface area contributed by atoms with E-state index in [4.69, 9.17) is 0 Å². The van der Waals surface area contributed by atoms with E-state index in [9.17, 15) is 0 Å². The van der Waals surface area contributed by atoms with Crippen molar-refractivity contribution in [2.24, 2.45) is 0 Å². The number of hydrogen-bond acceptors (Lipinski definition) is 5. The van der Waals surface area contributed by atoms with Crippen molar-refractivity contribution in [2.75, 3.05) is 10.6 Å². The van der Waals surface area contributed by atoms with Gasteiger partial charge in [0.25, 0.3) is 0 Å². The molecule has 2 aromatic heterocycles. The van der Waals surface area contributed by atoms with Crippen LogP contribution in [-0.2, 0) is 6.54 Å².